The SMILES string of the molecule is CNc1nc(N2CCC(CCNS(N)(=O)=O)CC2)c2cc(OC)c(OC)cc2n1. The van der Waals surface area contributed by atoms with Crippen LogP contribution in [0.2, 0.25) is 0 Å². The Kier molecular flexibility index (Phi) is 6.60. The van der Waals surface area contributed by atoms with Crippen molar-refractivity contribution < 1.29 is 17.9 Å². The average Bonchev–Trinajstić information content (AvgIpc) is 2.71. The summed E-state index contributed by atoms with van der Waals surface area (Å²) in [6.07, 6.45) is 2.65. The third kappa shape index (κ3) is 5.17. The van der Waals surface area contributed by atoms with Gasteiger partial charge >= 0.3 is 0 Å². The molecule has 3 rings (SSSR count). The molecular weight excluding hydrogens is 396 g/mol. The smallest absolute Gasteiger partial charge is 0.274 e. The topological polar surface area (TPSA) is 132 Å². The molecule has 1 aliphatic heterocycles. The van der Waals surface area contributed by atoms with Crippen LogP contribution in [-0.4, -0.2) is 59.3 Å². The van der Waals surface area contributed by atoms with Crippen molar-refractivity contribution in [3.8, 4) is 11.5 Å². The molecule has 160 valence electrons. The summed E-state index contributed by atoms with van der Waals surface area (Å²) in [7, 11) is 1.36. The average molecular weight is 425 g/mol. The number of aromatic nitrogens is 2. The summed E-state index contributed by atoms with van der Waals surface area (Å²) in [4.78, 5) is 11.5. The van der Waals surface area contributed by atoms with Crippen LogP contribution in [0.3, 0.4) is 0 Å². The van der Waals surface area contributed by atoms with Gasteiger partial charge in [0.15, 0.2) is 11.5 Å². The standard InChI is InChI=1S/C18H28N6O4S/c1-20-18-22-14-11-16(28-3)15(27-2)10-13(14)17(23-18)24-8-5-12(6-9-24)4-7-21-29(19,25)26/h10-12,21H,4-9H2,1-3H3,(H2,19,25,26)(H,20,22,23). The first-order valence-electron chi connectivity index (χ1n) is 9.48. The van der Waals surface area contributed by atoms with Crippen molar-refractivity contribution in [3.05, 3.63) is 12.1 Å². The summed E-state index contributed by atoms with van der Waals surface area (Å²) >= 11 is 0. The summed E-state index contributed by atoms with van der Waals surface area (Å²) in [5.41, 5.74) is 0.775. The largest absolute Gasteiger partial charge is 0.493 e. The van der Waals surface area contributed by atoms with Gasteiger partial charge in [0.25, 0.3) is 10.2 Å². The molecule has 1 aliphatic rings. The highest BCUT2D eigenvalue weighted by molar-refractivity contribution is 7.87. The third-order valence-electron chi connectivity index (χ3n) is 5.17. The predicted molar refractivity (Wildman–Crippen MR) is 113 cm³/mol. The predicted octanol–water partition coefficient (Wildman–Crippen LogP) is 1.09. The monoisotopic (exact) mass is 424 g/mol. The van der Waals surface area contributed by atoms with Crippen molar-refractivity contribution in [2.45, 2.75) is 19.3 Å². The Morgan fingerprint density at radius 1 is 1.17 bits per heavy atom. The summed E-state index contributed by atoms with van der Waals surface area (Å²) in [6, 6.07) is 3.76. The van der Waals surface area contributed by atoms with Crippen LogP contribution in [0.1, 0.15) is 19.3 Å². The zero-order chi connectivity index (χ0) is 21.0. The zero-order valence-corrected chi connectivity index (χ0v) is 17.8. The Balaban J connectivity index is 1.80. The lowest BCUT2D eigenvalue weighted by Crippen LogP contribution is -2.37. The van der Waals surface area contributed by atoms with Gasteiger partial charge in [0.05, 0.1) is 19.7 Å². The number of hydrogen-bond donors (Lipinski definition) is 3. The van der Waals surface area contributed by atoms with Gasteiger partial charge in [-0.2, -0.15) is 13.4 Å². The number of hydrogen-bond acceptors (Lipinski definition) is 8. The molecule has 1 saturated heterocycles. The van der Waals surface area contributed by atoms with E-state index in [9.17, 15) is 8.42 Å². The number of methoxy groups -OCH3 is 2. The van der Waals surface area contributed by atoms with E-state index in [-0.39, 0.29) is 0 Å². The van der Waals surface area contributed by atoms with Crippen LogP contribution < -0.4 is 29.6 Å². The summed E-state index contributed by atoms with van der Waals surface area (Å²) in [5, 5.41) is 8.90. The first-order valence-corrected chi connectivity index (χ1v) is 11.0. The molecule has 0 unspecified atom stereocenters. The third-order valence-corrected chi connectivity index (χ3v) is 5.78. The molecule has 10 nitrogen and oxygen atoms in total. The quantitative estimate of drug-likeness (QED) is 0.574. The van der Waals surface area contributed by atoms with Crippen molar-refractivity contribution in [1.29, 1.82) is 0 Å². The van der Waals surface area contributed by atoms with E-state index in [1.165, 1.54) is 0 Å². The van der Waals surface area contributed by atoms with E-state index < -0.39 is 10.2 Å². The highest BCUT2D eigenvalue weighted by atomic mass is 32.2. The van der Waals surface area contributed by atoms with Gasteiger partial charge in [-0.25, -0.2) is 14.8 Å². The number of nitrogens with two attached hydrogens (primary N) is 1. The Labute approximate surface area is 171 Å². The van der Waals surface area contributed by atoms with Gasteiger partial charge < -0.3 is 19.7 Å². The molecule has 29 heavy (non-hydrogen) atoms. The Morgan fingerprint density at radius 2 is 1.83 bits per heavy atom. The number of fused-ring (bicyclic) bond motifs is 1. The van der Waals surface area contributed by atoms with Crippen LogP contribution in [0.4, 0.5) is 11.8 Å². The minimum Gasteiger partial charge on any atom is -0.493 e. The van der Waals surface area contributed by atoms with Gasteiger partial charge in [-0.3, -0.25) is 0 Å². The lowest BCUT2D eigenvalue weighted by atomic mass is 9.93. The lowest BCUT2D eigenvalue weighted by Gasteiger charge is -2.33. The summed E-state index contributed by atoms with van der Waals surface area (Å²) in [6.45, 7) is 2.01. The molecule has 0 bridgehead atoms. The van der Waals surface area contributed by atoms with Crippen LogP contribution in [0.25, 0.3) is 10.9 Å². The van der Waals surface area contributed by atoms with Crippen LogP contribution in [0.5, 0.6) is 11.5 Å². The molecule has 0 saturated carbocycles. The Morgan fingerprint density at radius 3 is 2.41 bits per heavy atom. The first-order chi connectivity index (χ1) is 13.8. The zero-order valence-electron chi connectivity index (χ0n) is 16.9. The molecule has 1 aromatic carbocycles. The summed E-state index contributed by atoms with van der Waals surface area (Å²) in [5.74, 6) is 3.08. The molecule has 4 N–H and O–H groups in total. The van der Waals surface area contributed by atoms with E-state index in [2.05, 4.69) is 19.9 Å². The highest BCUT2D eigenvalue weighted by Gasteiger charge is 2.23. The number of nitrogens with one attached hydrogen (secondary N) is 2. The molecule has 0 spiro atoms. The van der Waals surface area contributed by atoms with E-state index in [1.54, 1.807) is 21.3 Å². The molecule has 0 amide bonds. The van der Waals surface area contributed by atoms with Gasteiger partial charge in [0.2, 0.25) is 5.95 Å². The van der Waals surface area contributed by atoms with Crippen molar-refractivity contribution in [3.63, 3.8) is 0 Å². The Bertz CT molecular complexity index is 960. The van der Waals surface area contributed by atoms with E-state index in [1.807, 2.05) is 12.1 Å². The number of piperidine rings is 1. The normalized spacial score (nSPS) is 15.5. The molecule has 0 aliphatic carbocycles. The van der Waals surface area contributed by atoms with E-state index >= 15 is 0 Å². The first kappa shape index (κ1) is 21.3. The van der Waals surface area contributed by atoms with Crippen molar-refractivity contribution in [1.82, 2.24) is 14.7 Å². The molecule has 2 aromatic rings. The molecule has 2 heterocycles. The van der Waals surface area contributed by atoms with Crippen molar-refractivity contribution >= 4 is 32.9 Å². The molecule has 11 heteroatoms. The van der Waals surface area contributed by atoms with Gasteiger partial charge in [-0.1, -0.05) is 0 Å². The number of benzene rings is 1. The van der Waals surface area contributed by atoms with Crippen molar-refractivity contribution in [2.75, 3.05) is 51.1 Å². The highest BCUT2D eigenvalue weighted by Crippen LogP contribution is 2.37. The maximum atomic E-state index is 11.0. The Hall–Kier alpha value is -2.37. The van der Waals surface area contributed by atoms with Gasteiger partial charge in [0.1, 0.15) is 5.82 Å². The van der Waals surface area contributed by atoms with E-state index in [4.69, 9.17) is 19.6 Å². The van der Waals surface area contributed by atoms with Gasteiger partial charge in [-0.05, 0) is 31.2 Å². The van der Waals surface area contributed by atoms with Crippen LogP contribution in [0, 0.1) is 5.92 Å². The second-order valence-corrected chi connectivity index (χ2v) is 8.38. The second-order valence-electron chi connectivity index (χ2n) is 7.00. The maximum absolute atomic E-state index is 11.0. The summed E-state index contributed by atoms with van der Waals surface area (Å²) < 4.78 is 35.2. The molecular formula is C18H28N6O4S. The van der Waals surface area contributed by atoms with Gasteiger partial charge in [0, 0.05) is 38.1 Å². The molecule has 0 atom stereocenters. The number of rotatable bonds is 8. The van der Waals surface area contributed by atoms with Crippen LogP contribution in [0.15, 0.2) is 12.1 Å². The minimum atomic E-state index is -3.63. The van der Waals surface area contributed by atoms with E-state index in [0.29, 0.717) is 29.9 Å². The molecule has 0 radical (unpaired) electrons. The minimum absolute atomic E-state index is 0.362. The van der Waals surface area contributed by atoms with Gasteiger partial charge in [-0.15, -0.1) is 0 Å². The number of nitrogens with zero attached hydrogens (tertiary/aromatic N) is 3. The maximum Gasteiger partial charge on any atom is 0.274 e. The fraction of sp³-hybridized carbons (Fsp3) is 0.556. The molecule has 1 aromatic heterocycles. The van der Waals surface area contributed by atoms with Crippen LogP contribution in [-0.2, 0) is 10.2 Å². The van der Waals surface area contributed by atoms with Crippen molar-refractivity contribution in [2.24, 2.45) is 11.1 Å². The van der Waals surface area contributed by atoms with E-state index in [0.717, 1.165) is 49.1 Å². The second kappa shape index (κ2) is 8.97. The van der Waals surface area contributed by atoms with Crippen LogP contribution >= 0.6 is 0 Å². The number of ether oxygens (including phenoxy) is 2. The fourth-order valence-corrected chi connectivity index (χ4v) is 4.03. The lowest BCUT2D eigenvalue weighted by molar-refractivity contribution is 0.355. The fourth-order valence-electron chi connectivity index (χ4n) is 3.63. The number of anilines is 2. The molecule has 1 fully saturated rings.